The van der Waals surface area contributed by atoms with Crippen LogP contribution in [0.3, 0.4) is 0 Å². The van der Waals surface area contributed by atoms with Gasteiger partial charge in [-0.15, -0.1) is 0 Å². The summed E-state index contributed by atoms with van der Waals surface area (Å²) < 4.78 is 32.4. The van der Waals surface area contributed by atoms with Crippen LogP contribution in [0.5, 0.6) is 23.0 Å². The molecule has 2 aromatic carbocycles. The second-order valence-corrected chi connectivity index (χ2v) is 9.48. The number of rotatable bonds is 10. The lowest BCUT2D eigenvalue weighted by molar-refractivity contribution is -0.277. The van der Waals surface area contributed by atoms with E-state index in [1.54, 1.807) is 13.2 Å². The van der Waals surface area contributed by atoms with Crippen LogP contribution in [0.2, 0.25) is 0 Å². The molecule has 2 saturated heterocycles. The average Bonchev–Trinajstić information content (AvgIpc) is 3.32. The molecule has 0 radical (unpaired) electrons. The van der Waals surface area contributed by atoms with E-state index in [1.807, 2.05) is 12.1 Å². The van der Waals surface area contributed by atoms with Crippen LogP contribution in [0.25, 0.3) is 0 Å². The van der Waals surface area contributed by atoms with Crippen molar-refractivity contribution in [3.8, 4) is 23.0 Å². The summed E-state index contributed by atoms with van der Waals surface area (Å²) in [5, 5.41) is 50.9. The maximum atomic E-state index is 12.7. The molecule has 2 aliphatic rings. The van der Waals surface area contributed by atoms with E-state index in [2.05, 4.69) is 0 Å². The Morgan fingerprint density at radius 1 is 0.897 bits per heavy atom. The minimum atomic E-state index is -1.61. The van der Waals surface area contributed by atoms with Crippen molar-refractivity contribution in [2.45, 2.75) is 43.2 Å². The highest BCUT2D eigenvalue weighted by Crippen LogP contribution is 2.40. The van der Waals surface area contributed by atoms with Gasteiger partial charge >= 0.3 is 5.97 Å². The van der Waals surface area contributed by atoms with Gasteiger partial charge in [0.1, 0.15) is 24.4 Å². The van der Waals surface area contributed by atoms with Crippen molar-refractivity contribution in [2.75, 3.05) is 34.5 Å². The number of hydrogen-bond donors (Lipinski definition) is 5. The van der Waals surface area contributed by atoms with E-state index in [0.717, 1.165) is 5.56 Å². The van der Waals surface area contributed by atoms with E-state index in [1.165, 1.54) is 32.4 Å². The highest BCUT2D eigenvalue weighted by atomic mass is 16.7. The van der Waals surface area contributed by atoms with E-state index in [-0.39, 0.29) is 24.0 Å². The molecular formula is C27H34O12. The molecule has 2 aromatic rings. The van der Waals surface area contributed by atoms with Gasteiger partial charge in [-0.25, -0.2) is 0 Å². The van der Waals surface area contributed by atoms with Crippen molar-refractivity contribution in [3.63, 3.8) is 0 Å². The minimum Gasteiger partial charge on any atom is -0.493 e. The van der Waals surface area contributed by atoms with Gasteiger partial charge in [-0.05, 0) is 41.8 Å². The van der Waals surface area contributed by atoms with Crippen molar-refractivity contribution in [2.24, 2.45) is 11.8 Å². The molecule has 0 amide bonds. The van der Waals surface area contributed by atoms with Crippen molar-refractivity contribution >= 4 is 5.97 Å². The second kappa shape index (κ2) is 12.4. The Balaban J connectivity index is 1.52. The number of hydrogen-bond acceptors (Lipinski definition) is 12. The summed E-state index contributed by atoms with van der Waals surface area (Å²) in [6, 6.07) is 9.94. The van der Waals surface area contributed by atoms with Crippen molar-refractivity contribution in [3.05, 3.63) is 47.5 Å². The molecule has 214 valence electrons. The van der Waals surface area contributed by atoms with Gasteiger partial charge in [-0.3, -0.25) is 4.79 Å². The molecule has 4 rings (SSSR count). The van der Waals surface area contributed by atoms with E-state index in [9.17, 15) is 30.3 Å². The first-order chi connectivity index (χ1) is 18.7. The predicted molar refractivity (Wildman–Crippen MR) is 134 cm³/mol. The number of carbonyl (C=O) groups is 1. The summed E-state index contributed by atoms with van der Waals surface area (Å²) in [4.78, 5) is 12.7. The quantitative estimate of drug-likeness (QED) is 0.250. The standard InChI is InChI=1S/C27H34O12/c1-34-16-6-4-13(9-18(16)35-2)8-15-12-37-26(33)21(15)22(29)14-5-7-17(19(10-14)36-3)38-27-25(32)24(31)23(30)20(11-28)39-27/h4-7,9-10,15,20-25,27-32H,8,11-12H2,1-3H3/t15-,20+,21-,22+,23+,24-,25+,27+/m0/s1. The first-order valence-corrected chi connectivity index (χ1v) is 12.4. The fourth-order valence-corrected chi connectivity index (χ4v) is 4.93. The van der Waals surface area contributed by atoms with Crippen LogP contribution in [0, 0.1) is 11.8 Å². The Morgan fingerprint density at radius 2 is 1.56 bits per heavy atom. The average molecular weight is 551 g/mol. The van der Waals surface area contributed by atoms with Crippen molar-refractivity contribution in [1.29, 1.82) is 0 Å². The maximum Gasteiger partial charge on any atom is 0.312 e. The first-order valence-electron chi connectivity index (χ1n) is 12.4. The summed E-state index contributed by atoms with van der Waals surface area (Å²) in [6.45, 7) is -0.459. The van der Waals surface area contributed by atoms with Gasteiger partial charge in [0, 0.05) is 5.92 Å². The van der Waals surface area contributed by atoms with E-state index < -0.39 is 55.3 Å². The summed E-state index contributed by atoms with van der Waals surface area (Å²) in [6.07, 6.45) is -8.07. The molecule has 0 bridgehead atoms. The van der Waals surface area contributed by atoms with Gasteiger partial charge in [0.25, 0.3) is 0 Å². The van der Waals surface area contributed by atoms with E-state index in [0.29, 0.717) is 23.5 Å². The Labute approximate surface area is 225 Å². The highest BCUT2D eigenvalue weighted by molar-refractivity contribution is 5.76. The van der Waals surface area contributed by atoms with Gasteiger partial charge in [0.05, 0.1) is 46.6 Å². The molecule has 2 heterocycles. The molecule has 12 nitrogen and oxygen atoms in total. The van der Waals surface area contributed by atoms with Gasteiger partial charge in [-0.2, -0.15) is 0 Å². The summed E-state index contributed by atoms with van der Waals surface area (Å²) in [5.74, 6) is -0.290. The largest absolute Gasteiger partial charge is 0.493 e. The molecule has 12 heteroatoms. The molecule has 0 aromatic heterocycles. The molecule has 8 atom stereocenters. The first kappa shape index (κ1) is 28.9. The number of carbonyl (C=O) groups excluding carboxylic acids is 1. The second-order valence-electron chi connectivity index (χ2n) is 9.48. The topological polar surface area (TPSA) is 174 Å². The normalized spacial score (nSPS) is 29.4. The molecule has 39 heavy (non-hydrogen) atoms. The fraction of sp³-hybridized carbons (Fsp3) is 0.519. The van der Waals surface area contributed by atoms with E-state index in [4.69, 9.17) is 28.4 Å². The number of benzene rings is 2. The Kier molecular flexibility index (Phi) is 9.15. The van der Waals surface area contributed by atoms with Crippen molar-refractivity contribution < 1.29 is 58.7 Å². The number of esters is 1. The summed E-state index contributed by atoms with van der Waals surface area (Å²) in [7, 11) is 4.45. The Hall–Kier alpha value is -3.13. The van der Waals surface area contributed by atoms with Crippen LogP contribution in [-0.2, 0) is 20.7 Å². The number of methoxy groups -OCH3 is 3. The van der Waals surface area contributed by atoms with Crippen LogP contribution in [0.15, 0.2) is 36.4 Å². The van der Waals surface area contributed by atoms with Crippen LogP contribution in [0.4, 0.5) is 0 Å². The molecule has 2 aliphatic heterocycles. The Bertz CT molecular complexity index is 1140. The van der Waals surface area contributed by atoms with Crippen LogP contribution >= 0.6 is 0 Å². The lowest BCUT2D eigenvalue weighted by Crippen LogP contribution is -2.60. The fourth-order valence-electron chi connectivity index (χ4n) is 4.93. The van der Waals surface area contributed by atoms with Gasteiger partial charge in [0.2, 0.25) is 6.29 Å². The molecule has 0 spiro atoms. The Morgan fingerprint density at radius 3 is 2.23 bits per heavy atom. The SMILES string of the molecule is COc1ccc(C[C@H]2COC(=O)[C@@H]2[C@H](O)c2ccc(O[C@@H]3O[C@H](CO)[C@@H](O)[C@H](O)[C@H]3O)c(OC)c2)cc1OC. The number of ether oxygens (including phenoxy) is 6. The zero-order valence-corrected chi connectivity index (χ0v) is 21.8. The van der Waals surface area contributed by atoms with Gasteiger partial charge < -0.3 is 54.0 Å². The molecule has 5 N–H and O–H groups in total. The van der Waals surface area contributed by atoms with Gasteiger partial charge in [-0.1, -0.05) is 12.1 Å². The predicted octanol–water partition coefficient (Wildman–Crippen LogP) is -0.0436. The third kappa shape index (κ3) is 5.91. The zero-order valence-electron chi connectivity index (χ0n) is 21.8. The van der Waals surface area contributed by atoms with Crippen LogP contribution in [0.1, 0.15) is 17.2 Å². The van der Waals surface area contributed by atoms with E-state index >= 15 is 0 Å². The van der Waals surface area contributed by atoms with Crippen molar-refractivity contribution in [1.82, 2.24) is 0 Å². The van der Waals surface area contributed by atoms with Crippen LogP contribution < -0.4 is 18.9 Å². The third-order valence-corrected chi connectivity index (χ3v) is 7.13. The number of aliphatic hydroxyl groups is 5. The third-order valence-electron chi connectivity index (χ3n) is 7.13. The highest BCUT2D eigenvalue weighted by Gasteiger charge is 2.45. The maximum absolute atomic E-state index is 12.7. The molecular weight excluding hydrogens is 516 g/mol. The van der Waals surface area contributed by atoms with Gasteiger partial charge in [0.15, 0.2) is 23.0 Å². The number of cyclic esters (lactones) is 1. The minimum absolute atomic E-state index is 0.105. The van der Waals surface area contributed by atoms with Crippen LogP contribution in [-0.4, -0.2) is 96.8 Å². The monoisotopic (exact) mass is 550 g/mol. The number of aliphatic hydroxyl groups excluding tert-OH is 5. The zero-order chi connectivity index (χ0) is 28.3. The summed E-state index contributed by atoms with van der Waals surface area (Å²) >= 11 is 0. The smallest absolute Gasteiger partial charge is 0.312 e. The lowest BCUT2D eigenvalue weighted by atomic mass is 9.83. The lowest BCUT2D eigenvalue weighted by Gasteiger charge is -2.39. The molecule has 0 unspecified atom stereocenters. The molecule has 2 fully saturated rings. The molecule has 0 saturated carbocycles. The summed E-state index contributed by atoms with van der Waals surface area (Å²) in [5.41, 5.74) is 1.25. The molecule has 0 aliphatic carbocycles.